The van der Waals surface area contributed by atoms with Gasteiger partial charge in [-0.05, 0) is 42.7 Å². The first-order chi connectivity index (χ1) is 13.1. The molecule has 1 aliphatic carbocycles. The molecule has 1 heterocycles. The Hall–Kier alpha value is -3.02. The Morgan fingerprint density at radius 1 is 1.15 bits per heavy atom. The zero-order valence-electron chi connectivity index (χ0n) is 15.4. The van der Waals surface area contributed by atoms with Crippen molar-refractivity contribution in [1.82, 2.24) is 10.6 Å². The summed E-state index contributed by atoms with van der Waals surface area (Å²) in [6, 6.07) is 11.5. The van der Waals surface area contributed by atoms with Crippen molar-refractivity contribution in [3.63, 3.8) is 0 Å². The van der Waals surface area contributed by atoms with Gasteiger partial charge < -0.3 is 20.1 Å². The first-order valence-corrected chi connectivity index (χ1v) is 9.08. The van der Waals surface area contributed by atoms with Crippen LogP contribution in [0.2, 0.25) is 0 Å². The lowest BCUT2D eigenvalue weighted by Crippen LogP contribution is -2.26. The highest BCUT2D eigenvalue weighted by Gasteiger charge is 2.32. The predicted octanol–water partition coefficient (Wildman–Crippen LogP) is 2.47. The van der Waals surface area contributed by atoms with Crippen LogP contribution in [0.5, 0.6) is 11.5 Å². The predicted molar refractivity (Wildman–Crippen MR) is 101 cm³/mol. The SMILES string of the molecule is CNC(=O)c1cc(C(=O)NC2CC2)cc2c1OCC2c1cccc(OC)c1. The molecule has 0 aromatic heterocycles. The smallest absolute Gasteiger partial charge is 0.254 e. The molecule has 27 heavy (non-hydrogen) atoms. The molecule has 6 nitrogen and oxygen atoms in total. The number of benzene rings is 2. The number of carbonyl (C=O) groups is 2. The Labute approximate surface area is 157 Å². The molecule has 1 aliphatic heterocycles. The summed E-state index contributed by atoms with van der Waals surface area (Å²) in [7, 11) is 3.20. The van der Waals surface area contributed by atoms with Crippen molar-refractivity contribution in [3.05, 3.63) is 58.7 Å². The number of amides is 2. The van der Waals surface area contributed by atoms with E-state index in [9.17, 15) is 9.59 Å². The summed E-state index contributed by atoms with van der Waals surface area (Å²) in [4.78, 5) is 25.0. The molecule has 0 radical (unpaired) electrons. The van der Waals surface area contributed by atoms with Crippen LogP contribution in [0.25, 0.3) is 0 Å². The molecule has 0 saturated heterocycles. The fraction of sp³-hybridized carbons (Fsp3) is 0.333. The molecule has 0 bridgehead atoms. The van der Waals surface area contributed by atoms with E-state index in [1.807, 2.05) is 30.3 Å². The van der Waals surface area contributed by atoms with E-state index in [-0.39, 0.29) is 23.8 Å². The van der Waals surface area contributed by atoms with Crippen molar-refractivity contribution in [1.29, 1.82) is 0 Å². The average Bonchev–Trinajstić information content (AvgIpc) is 3.41. The van der Waals surface area contributed by atoms with E-state index in [1.54, 1.807) is 20.2 Å². The summed E-state index contributed by atoms with van der Waals surface area (Å²) in [5, 5.41) is 5.62. The van der Waals surface area contributed by atoms with Crippen molar-refractivity contribution in [2.24, 2.45) is 0 Å². The lowest BCUT2D eigenvalue weighted by molar-refractivity contribution is 0.0951. The van der Waals surface area contributed by atoms with Crippen LogP contribution >= 0.6 is 0 Å². The lowest BCUT2D eigenvalue weighted by Gasteiger charge is -2.13. The summed E-state index contributed by atoms with van der Waals surface area (Å²) >= 11 is 0. The second-order valence-corrected chi connectivity index (χ2v) is 6.91. The van der Waals surface area contributed by atoms with Gasteiger partial charge in [0.15, 0.2) is 0 Å². The van der Waals surface area contributed by atoms with Crippen LogP contribution in [-0.2, 0) is 0 Å². The Kier molecular flexibility index (Phi) is 4.48. The third-order valence-electron chi connectivity index (χ3n) is 5.03. The highest BCUT2D eigenvalue weighted by Crippen LogP contribution is 2.42. The van der Waals surface area contributed by atoms with Crippen LogP contribution < -0.4 is 20.1 Å². The monoisotopic (exact) mass is 366 g/mol. The number of rotatable bonds is 5. The number of hydrogen-bond acceptors (Lipinski definition) is 4. The summed E-state index contributed by atoms with van der Waals surface area (Å²) in [6.07, 6.45) is 2.02. The fourth-order valence-corrected chi connectivity index (χ4v) is 3.39. The highest BCUT2D eigenvalue weighted by atomic mass is 16.5. The molecule has 1 unspecified atom stereocenters. The first-order valence-electron chi connectivity index (χ1n) is 9.08. The molecule has 1 atom stereocenters. The van der Waals surface area contributed by atoms with E-state index in [1.165, 1.54) is 0 Å². The maximum Gasteiger partial charge on any atom is 0.254 e. The van der Waals surface area contributed by atoms with Crippen LogP contribution in [0.15, 0.2) is 36.4 Å². The second-order valence-electron chi connectivity index (χ2n) is 6.91. The molecule has 1 saturated carbocycles. The molecule has 2 amide bonds. The number of fused-ring (bicyclic) bond motifs is 1. The molecular weight excluding hydrogens is 344 g/mol. The maximum atomic E-state index is 12.6. The molecule has 2 aromatic carbocycles. The normalized spacial score (nSPS) is 17.6. The number of ether oxygens (including phenoxy) is 2. The summed E-state index contributed by atoms with van der Waals surface area (Å²) in [5.41, 5.74) is 2.75. The third kappa shape index (κ3) is 3.35. The number of nitrogens with one attached hydrogen (secondary N) is 2. The minimum Gasteiger partial charge on any atom is -0.497 e. The van der Waals surface area contributed by atoms with Gasteiger partial charge in [-0.25, -0.2) is 0 Å². The number of carbonyl (C=O) groups excluding carboxylic acids is 2. The Morgan fingerprint density at radius 3 is 2.67 bits per heavy atom. The van der Waals surface area contributed by atoms with Crippen LogP contribution in [0.1, 0.15) is 50.6 Å². The fourth-order valence-electron chi connectivity index (χ4n) is 3.39. The summed E-state index contributed by atoms with van der Waals surface area (Å²) in [5.74, 6) is 0.827. The second kappa shape index (κ2) is 6.95. The molecule has 140 valence electrons. The quantitative estimate of drug-likeness (QED) is 0.852. The Morgan fingerprint density at radius 2 is 1.96 bits per heavy atom. The van der Waals surface area contributed by atoms with Crippen LogP contribution in [0.4, 0.5) is 0 Å². The largest absolute Gasteiger partial charge is 0.497 e. The van der Waals surface area contributed by atoms with Gasteiger partial charge >= 0.3 is 0 Å². The van der Waals surface area contributed by atoms with Crippen molar-refractivity contribution >= 4 is 11.8 Å². The molecule has 4 rings (SSSR count). The van der Waals surface area contributed by atoms with E-state index in [4.69, 9.17) is 9.47 Å². The lowest BCUT2D eigenvalue weighted by atomic mass is 9.90. The minimum atomic E-state index is -0.265. The van der Waals surface area contributed by atoms with Crippen molar-refractivity contribution in [3.8, 4) is 11.5 Å². The zero-order valence-corrected chi connectivity index (χ0v) is 15.4. The standard InChI is InChI=1S/C21H22N2O4/c1-22-21(25)17-10-13(20(24)23-14-6-7-14)9-16-18(11-27-19(16)17)12-4-3-5-15(8-12)26-2/h3-5,8-10,14,18H,6-7,11H2,1-2H3,(H,22,25)(H,23,24). The van der Waals surface area contributed by atoms with Crippen molar-refractivity contribution in [2.45, 2.75) is 24.8 Å². The van der Waals surface area contributed by atoms with E-state index >= 15 is 0 Å². The highest BCUT2D eigenvalue weighted by molar-refractivity contribution is 6.02. The molecular formula is C21H22N2O4. The summed E-state index contributed by atoms with van der Waals surface area (Å²) in [6.45, 7) is 0.417. The topological polar surface area (TPSA) is 76.7 Å². The van der Waals surface area contributed by atoms with Gasteiger partial charge in [0.2, 0.25) is 0 Å². The van der Waals surface area contributed by atoms with Gasteiger partial charge in [-0.15, -0.1) is 0 Å². The molecule has 0 spiro atoms. The van der Waals surface area contributed by atoms with Crippen LogP contribution in [0, 0.1) is 0 Å². The van der Waals surface area contributed by atoms with Gasteiger partial charge in [-0.3, -0.25) is 9.59 Å². The van der Waals surface area contributed by atoms with E-state index in [0.29, 0.717) is 23.5 Å². The van der Waals surface area contributed by atoms with E-state index in [2.05, 4.69) is 10.6 Å². The third-order valence-corrected chi connectivity index (χ3v) is 5.03. The average molecular weight is 366 g/mol. The number of hydrogen-bond donors (Lipinski definition) is 2. The van der Waals surface area contributed by atoms with Gasteiger partial charge in [-0.2, -0.15) is 0 Å². The molecule has 2 N–H and O–H groups in total. The molecule has 2 aliphatic rings. The zero-order chi connectivity index (χ0) is 19.0. The van der Waals surface area contributed by atoms with Gasteiger partial charge in [0.05, 0.1) is 19.3 Å². The Bertz CT molecular complexity index is 905. The number of methoxy groups -OCH3 is 1. The van der Waals surface area contributed by atoms with Crippen LogP contribution in [0.3, 0.4) is 0 Å². The van der Waals surface area contributed by atoms with Gasteiger partial charge in [-0.1, -0.05) is 12.1 Å². The minimum absolute atomic E-state index is 0.0628. The van der Waals surface area contributed by atoms with Crippen LogP contribution in [-0.4, -0.2) is 38.6 Å². The first kappa shape index (κ1) is 17.4. The summed E-state index contributed by atoms with van der Waals surface area (Å²) < 4.78 is 11.2. The maximum absolute atomic E-state index is 12.6. The van der Waals surface area contributed by atoms with Gasteiger partial charge in [0, 0.05) is 30.1 Å². The van der Waals surface area contributed by atoms with Crippen molar-refractivity contribution < 1.29 is 19.1 Å². The van der Waals surface area contributed by atoms with E-state index < -0.39 is 0 Å². The molecule has 2 aromatic rings. The van der Waals surface area contributed by atoms with E-state index in [0.717, 1.165) is 29.7 Å². The molecule has 6 heteroatoms. The van der Waals surface area contributed by atoms with Crippen molar-refractivity contribution in [2.75, 3.05) is 20.8 Å². The Balaban J connectivity index is 1.77. The van der Waals surface area contributed by atoms with Gasteiger partial charge in [0.25, 0.3) is 11.8 Å². The molecule has 1 fully saturated rings. The van der Waals surface area contributed by atoms with Gasteiger partial charge in [0.1, 0.15) is 11.5 Å².